The number of hydrogen-bond acceptors (Lipinski definition) is 5. The molecule has 6 rings (SSSR count). The molecule has 1 unspecified atom stereocenters. The van der Waals surface area contributed by atoms with E-state index < -0.39 is 12.0 Å². The lowest BCUT2D eigenvalue weighted by Gasteiger charge is -2.25. The van der Waals surface area contributed by atoms with Gasteiger partial charge in [0.2, 0.25) is 0 Å². The number of para-hydroxylation sites is 1. The Bertz CT molecular complexity index is 2070. The second-order valence-electron chi connectivity index (χ2n) is 10.9. The van der Waals surface area contributed by atoms with Crippen LogP contribution in [-0.2, 0) is 16.1 Å². The molecule has 5 aromatic rings. The fraction of sp³-hybridized carbons (Fsp3) is 0.229. The summed E-state index contributed by atoms with van der Waals surface area (Å²) < 4.78 is 24.0. The first-order valence-electron chi connectivity index (χ1n) is 14.4. The first kappa shape index (κ1) is 28.6. The first-order chi connectivity index (χ1) is 20.8. The molecule has 0 aliphatic carbocycles. The summed E-state index contributed by atoms with van der Waals surface area (Å²) in [6.07, 6.45) is 3.82. The fourth-order valence-electron chi connectivity index (χ4n) is 5.64. The smallest absolute Gasteiger partial charge is 0.338 e. The lowest BCUT2D eigenvalue weighted by Crippen LogP contribution is -2.39. The van der Waals surface area contributed by atoms with Gasteiger partial charge in [-0.15, -0.1) is 0 Å². The van der Waals surface area contributed by atoms with Crippen LogP contribution in [0.15, 0.2) is 100 Å². The van der Waals surface area contributed by atoms with Crippen LogP contribution in [0.1, 0.15) is 61.9 Å². The number of fused-ring (bicyclic) bond motifs is 2. The van der Waals surface area contributed by atoms with Crippen molar-refractivity contribution in [2.24, 2.45) is 4.99 Å². The van der Waals surface area contributed by atoms with Crippen molar-refractivity contribution in [1.82, 2.24) is 9.13 Å². The second-order valence-corrected chi connectivity index (χ2v) is 12.0. The summed E-state index contributed by atoms with van der Waals surface area (Å²) in [4.78, 5) is 32.6. The van der Waals surface area contributed by atoms with Crippen molar-refractivity contribution in [3.8, 4) is 0 Å². The number of allylic oxidation sites excluding steroid dienone is 1. The predicted molar refractivity (Wildman–Crippen MR) is 168 cm³/mol. The third kappa shape index (κ3) is 5.27. The van der Waals surface area contributed by atoms with Gasteiger partial charge in [0.1, 0.15) is 5.82 Å². The van der Waals surface area contributed by atoms with Gasteiger partial charge in [0, 0.05) is 28.2 Å². The van der Waals surface area contributed by atoms with E-state index in [0.29, 0.717) is 38.6 Å². The van der Waals surface area contributed by atoms with E-state index in [1.54, 1.807) is 30.5 Å². The van der Waals surface area contributed by atoms with Crippen molar-refractivity contribution in [1.29, 1.82) is 0 Å². The number of esters is 1. The van der Waals surface area contributed by atoms with Crippen LogP contribution in [0.5, 0.6) is 0 Å². The third-order valence-electron chi connectivity index (χ3n) is 7.84. The van der Waals surface area contributed by atoms with Gasteiger partial charge < -0.3 is 9.30 Å². The van der Waals surface area contributed by atoms with Gasteiger partial charge in [-0.3, -0.25) is 9.36 Å². The first-order valence-corrected chi connectivity index (χ1v) is 15.2. The number of aromatic nitrogens is 2. The second kappa shape index (κ2) is 11.6. The maximum Gasteiger partial charge on any atom is 0.338 e. The standard InChI is InChI=1S/C35H32FN3O3S/c1-5-42-34(41)31-22(4)37-35-39(32(31)24-16-14-23(15-17-24)21(2)3)33(40)30(43-35)18-26-20-38(29-13-9-7-11-27(26)29)19-25-10-6-8-12-28(25)36/h6-18,20-21,32H,5,19H2,1-4H3/b30-18-. The molecule has 0 fully saturated rings. The molecule has 0 radical (unpaired) electrons. The summed E-state index contributed by atoms with van der Waals surface area (Å²) in [7, 11) is 0. The van der Waals surface area contributed by atoms with Gasteiger partial charge in [0.05, 0.1) is 35.0 Å². The largest absolute Gasteiger partial charge is 0.463 e. The van der Waals surface area contributed by atoms with Gasteiger partial charge in [-0.25, -0.2) is 14.2 Å². The van der Waals surface area contributed by atoms with Crippen LogP contribution in [-0.4, -0.2) is 21.7 Å². The van der Waals surface area contributed by atoms with Crippen LogP contribution in [0.2, 0.25) is 0 Å². The number of rotatable bonds is 7. The van der Waals surface area contributed by atoms with E-state index in [1.807, 2.05) is 71.4 Å². The van der Waals surface area contributed by atoms with E-state index in [-0.39, 0.29) is 18.0 Å². The maximum atomic E-state index is 14.5. The molecule has 6 nitrogen and oxygen atoms in total. The molecule has 1 aliphatic heterocycles. The molecule has 43 heavy (non-hydrogen) atoms. The molecular weight excluding hydrogens is 561 g/mol. The fourth-order valence-corrected chi connectivity index (χ4v) is 6.68. The van der Waals surface area contributed by atoms with Crippen LogP contribution >= 0.6 is 11.3 Å². The van der Waals surface area contributed by atoms with Crippen molar-refractivity contribution in [3.63, 3.8) is 0 Å². The van der Waals surface area contributed by atoms with E-state index >= 15 is 0 Å². The van der Waals surface area contributed by atoms with Crippen molar-refractivity contribution in [2.45, 2.75) is 46.2 Å². The molecule has 2 aromatic heterocycles. The zero-order chi connectivity index (χ0) is 30.2. The number of ether oxygens (including phenoxy) is 1. The summed E-state index contributed by atoms with van der Waals surface area (Å²) >= 11 is 1.29. The lowest BCUT2D eigenvalue weighted by atomic mass is 9.93. The Hall–Kier alpha value is -4.56. The number of thiazole rings is 1. The Morgan fingerprint density at radius 1 is 1.07 bits per heavy atom. The number of nitrogens with zero attached hydrogens (tertiary/aromatic N) is 3. The normalized spacial score (nSPS) is 15.2. The van der Waals surface area contributed by atoms with Gasteiger partial charge in [-0.1, -0.05) is 85.8 Å². The van der Waals surface area contributed by atoms with Gasteiger partial charge in [-0.05, 0) is 49.1 Å². The van der Waals surface area contributed by atoms with Crippen molar-refractivity contribution in [3.05, 3.63) is 138 Å². The topological polar surface area (TPSA) is 65.6 Å². The van der Waals surface area contributed by atoms with E-state index in [1.165, 1.54) is 23.0 Å². The van der Waals surface area contributed by atoms with Crippen LogP contribution in [0, 0.1) is 5.82 Å². The van der Waals surface area contributed by atoms with E-state index in [4.69, 9.17) is 9.73 Å². The SMILES string of the molecule is CCOC(=O)C1=C(C)N=c2s/c(=C\c3cn(Cc4ccccc4F)c4ccccc34)c(=O)n2C1c1ccc(C(C)C)cc1. The van der Waals surface area contributed by atoms with Gasteiger partial charge in [-0.2, -0.15) is 0 Å². The van der Waals surface area contributed by atoms with Gasteiger partial charge in [0.25, 0.3) is 5.56 Å². The minimum Gasteiger partial charge on any atom is -0.463 e. The number of carbonyl (C=O) groups excluding carboxylic acids is 1. The average Bonchev–Trinajstić information content (AvgIpc) is 3.50. The van der Waals surface area contributed by atoms with Crippen LogP contribution in [0.4, 0.5) is 4.39 Å². The van der Waals surface area contributed by atoms with Crippen LogP contribution in [0.3, 0.4) is 0 Å². The summed E-state index contributed by atoms with van der Waals surface area (Å²) in [6.45, 7) is 8.37. The molecule has 0 saturated heterocycles. The lowest BCUT2D eigenvalue weighted by molar-refractivity contribution is -0.139. The Balaban J connectivity index is 1.51. The monoisotopic (exact) mass is 593 g/mol. The molecule has 3 heterocycles. The molecule has 0 spiro atoms. The average molecular weight is 594 g/mol. The number of hydrogen-bond donors (Lipinski definition) is 0. The predicted octanol–water partition coefficient (Wildman–Crippen LogP) is 6.06. The highest BCUT2D eigenvalue weighted by molar-refractivity contribution is 7.07. The Labute approximate surface area is 252 Å². The number of benzene rings is 3. The van der Waals surface area contributed by atoms with E-state index in [0.717, 1.165) is 22.0 Å². The Kier molecular flexibility index (Phi) is 7.71. The van der Waals surface area contributed by atoms with E-state index in [2.05, 4.69) is 13.8 Å². The molecule has 0 saturated carbocycles. The molecule has 3 aromatic carbocycles. The summed E-state index contributed by atoms with van der Waals surface area (Å²) in [6, 6.07) is 22.0. The quantitative estimate of drug-likeness (QED) is 0.216. The van der Waals surface area contributed by atoms with E-state index in [9.17, 15) is 14.0 Å². The van der Waals surface area contributed by atoms with Crippen molar-refractivity contribution < 1.29 is 13.9 Å². The van der Waals surface area contributed by atoms with Gasteiger partial charge >= 0.3 is 5.97 Å². The molecule has 0 bridgehead atoms. The summed E-state index contributed by atoms with van der Waals surface area (Å²) in [5.74, 6) is -0.394. The molecular formula is C35H32FN3O3S. The highest BCUT2D eigenvalue weighted by atomic mass is 32.1. The number of halogens is 1. The third-order valence-corrected chi connectivity index (χ3v) is 8.82. The minimum absolute atomic E-state index is 0.218. The zero-order valence-corrected chi connectivity index (χ0v) is 25.3. The molecule has 0 N–H and O–H groups in total. The molecule has 1 atom stereocenters. The summed E-state index contributed by atoms with van der Waals surface area (Å²) in [5, 5.41) is 0.953. The Morgan fingerprint density at radius 2 is 1.79 bits per heavy atom. The highest BCUT2D eigenvalue weighted by Gasteiger charge is 2.33. The molecule has 8 heteroatoms. The van der Waals surface area contributed by atoms with Crippen molar-refractivity contribution >= 4 is 34.3 Å². The Morgan fingerprint density at radius 3 is 2.51 bits per heavy atom. The molecule has 0 amide bonds. The highest BCUT2D eigenvalue weighted by Crippen LogP contribution is 2.32. The number of carbonyl (C=O) groups is 1. The molecule has 218 valence electrons. The zero-order valence-electron chi connectivity index (χ0n) is 24.5. The summed E-state index contributed by atoms with van der Waals surface area (Å²) in [5.41, 5.74) is 5.01. The van der Waals surface area contributed by atoms with Crippen LogP contribution < -0.4 is 14.9 Å². The maximum absolute atomic E-state index is 14.5. The van der Waals surface area contributed by atoms with Gasteiger partial charge in [0.15, 0.2) is 4.80 Å². The molecule has 1 aliphatic rings. The minimum atomic E-state index is -0.666. The van der Waals surface area contributed by atoms with Crippen LogP contribution in [0.25, 0.3) is 17.0 Å². The van der Waals surface area contributed by atoms with Crippen molar-refractivity contribution in [2.75, 3.05) is 6.61 Å².